The lowest BCUT2D eigenvalue weighted by Crippen LogP contribution is -2.46. The number of anilines is 1. The Morgan fingerprint density at radius 1 is 1.00 bits per heavy atom. The van der Waals surface area contributed by atoms with Crippen molar-refractivity contribution < 1.29 is 30.4 Å². The first kappa shape index (κ1) is 26.6. The molecule has 0 bridgehead atoms. The predicted octanol–water partition coefficient (Wildman–Crippen LogP) is 5.43. The summed E-state index contributed by atoms with van der Waals surface area (Å²) in [5.74, 6) is 0.404. The largest absolute Gasteiger partial charge is 0.471 e. The number of hydrogen-bond acceptors (Lipinski definition) is 7. The lowest BCUT2D eigenvalue weighted by atomic mass is 9.96. The van der Waals surface area contributed by atoms with Crippen LogP contribution < -0.4 is 4.72 Å². The van der Waals surface area contributed by atoms with Crippen LogP contribution in [0.2, 0.25) is 0 Å². The number of tetrazole rings is 1. The van der Waals surface area contributed by atoms with Crippen LogP contribution in [0.25, 0.3) is 22.5 Å². The van der Waals surface area contributed by atoms with Crippen molar-refractivity contribution in [3.8, 4) is 22.5 Å². The number of aromatic nitrogens is 5. The van der Waals surface area contributed by atoms with E-state index in [4.69, 9.17) is 0 Å². The number of hydrogen-bond donors (Lipinski definition) is 2. The quantitative estimate of drug-likeness (QED) is 0.265. The third kappa shape index (κ3) is 5.32. The molecule has 0 radical (unpaired) electrons. The van der Waals surface area contributed by atoms with E-state index in [9.17, 15) is 30.4 Å². The molecule has 0 unspecified atom stereocenters. The molecule has 196 valence electrons. The third-order valence-electron chi connectivity index (χ3n) is 5.41. The molecule has 4 rings (SSSR count). The van der Waals surface area contributed by atoms with Crippen LogP contribution >= 0.6 is 11.5 Å². The van der Waals surface area contributed by atoms with Gasteiger partial charge in [0.2, 0.25) is 5.82 Å². The van der Waals surface area contributed by atoms with E-state index in [-0.39, 0.29) is 17.0 Å². The summed E-state index contributed by atoms with van der Waals surface area (Å²) >= 11 is 0.526. The van der Waals surface area contributed by atoms with Gasteiger partial charge in [-0.2, -0.15) is 40.0 Å². The summed E-state index contributed by atoms with van der Waals surface area (Å²) in [7, 11) is -6.11. The number of aryl methyl sites for hydroxylation is 1. The molecule has 0 saturated carbocycles. The Hall–Kier alpha value is -3.46. The molecule has 0 aliphatic carbocycles. The number of H-pyrrole nitrogens is 1. The number of sulfonamides is 1. The summed E-state index contributed by atoms with van der Waals surface area (Å²) < 4.78 is 94.8. The molecule has 0 atom stereocenters. The molecule has 0 amide bonds. The van der Waals surface area contributed by atoms with Gasteiger partial charge < -0.3 is 0 Å². The first-order valence-electron chi connectivity index (χ1n) is 10.8. The van der Waals surface area contributed by atoms with Crippen molar-refractivity contribution in [2.45, 2.75) is 37.6 Å². The van der Waals surface area contributed by atoms with Gasteiger partial charge in [-0.3, -0.25) is 4.72 Å². The molecule has 8 nitrogen and oxygen atoms in total. The molecule has 2 N–H and O–H groups in total. The Labute approximate surface area is 212 Å². The van der Waals surface area contributed by atoms with Gasteiger partial charge in [0.1, 0.15) is 5.00 Å². The van der Waals surface area contributed by atoms with Crippen molar-refractivity contribution in [3.05, 3.63) is 65.4 Å². The molecule has 15 heteroatoms. The van der Waals surface area contributed by atoms with Gasteiger partial charge in [-0.15, -0.1) is 10.2 Å². The van der Waals surface area contributed by atoms with Crippen LogP contribution in [0.3, 0.4) is 0 Å². The molecule has 0 saturated heterocycles. The van der Waals surface area contributed by atoms with Crippen molar-refractivity contribution in [2.75, 3.05) is 4.72 Å². The second kappa shape index (κ2) is 10.1. The fourth-order valence-electron chi connectivity index (χ4n) is 3.59. The number of benzene rings is 2. The van der Waals surface area contributed by atoms with Crippen molar-refractivity contribution in [1.82, 2.24) is 25.0 Å². The minimum Gasteiger partial charge on any atom is -0.267 e. The molecule has 0 aliphatic rings. The van der Waals surface area contributed by atoms with Gasteiger partial charge in [0.05, 0.1) is 5.69 Å². The van der Waals surface area contributed by atoms with Gasteiger partial charge in [-0.25, -0.2) is 0 Å². The Bertz CT molecular complexity index is 1470. The average molecular weight is 559 g/mol. The van der Waals surface area contributed by atoms with E-state index in [1.165, 1.54) is 4.72 Å². The van der Waals surface area contributed by atoms with Crippen molar-refractivity contribution in [1.29, 1.82) is 0 Å². The number of halogens is 5. The highest BCUT2D eigenvalue weighted by Gasteiger charge is 2.67. The van der Waals surface area contributed by atoms with Crippen LogP contribution in [0, 0.1) is 0 Å². The van der Waals surface area contributed by atoms with Crippen molar-refractivity contribution >= 4 is 26.6 Å². The van der Waals surface area contributed by atoms with Crippen molar-refractivity contribution in [2.24, 2.45) is 0 Å². The van der Waals surface area contributed by atoms with Crippen LogP contribution in [0.4, 0.5) is 27.0 Å². The fraction of sp³-hybridized carbons (Fsp3) is 0.273. The second-order valence-electron chi connectivity index (χ2n) is 7.96. The first-order chi connectivity index (χ1) is 17.4. The highest BCUT2D eigenvalue weighted by molar-refractivity contribution is 7.94. The molecule has 4 aromatic rings. The Balaban J connectivity index is 1.64. The fourth-order valence-corrected chi connectivity index (χ4v) is 5.57. The van der Waals surface area contributed by atoms with Gasteiger partial charge in [0.15, 0.2) is 0 Å². The maximum Gasteiger partial charge on any atom is 0.471 e. The predicted molar refractivity (Wildman–Crippen MR) is 128 cm³/mol. The summed E-state index contributed by atoms with van der Waals surface area (Å²) in [6.45, 7) is 1.83. The molecule has 37 heavy (non-hydrogen) atoms. The SMILES string of the molecule is CCCc1nsc(NS(=O)(=O)C(F)(F)C(F)(F)F)c1Cc1ccc(-c2ccccc2-c2nn[nH]n2)cc1. The summed E-state index contributed by atoms with van der Waals surface area (Å²) in [5, 5.41) is 7.64. The lowest BCUT2D eigenvalue weighted by molar-refractivity contribution is -0.241. The molecule has 2 heterocycles. The highest BCUT2D eigenvalue weighted by atomic mass is 32.2. The maximum absolute atomic E-state index is 13.6. The lowest BCUT2D eigenvalue weighted by Gasteiger charge is -2.20. The van der Waals surface area contributed by atoms with E-state index in [1.54, 1.807) is 24.3 Å². The zero-order valence-electron chi connectivity index (χ0n) is 19.1. The number of aromatic amines is 1. The van der Waals surface area contributed by atoms with E-state index in [0.29, 0.717) is 41.5 Å². The topological polar surface area (TPSA) is 114 Å². The molecule has 0 aliphatic heterocycles. The van der Waals surface area contributed by atoms with Gasteiger partial charge in [0, 0.05) is 17.5 Å². The molecular formula is C22H19F5N6O2S2. The highest BCUT2D eigenvalue weighted by Crippen LogP contribution is 2.42. The monoisotopic (exact) mass is 558 g/mol. The summed E-state index contributed by atoms with van der Waals surface area (Å²) in [6.07, 6.45) is -5.22. The van der Waals surface area contributed by atoms with Crippen LogP contribution in [-0.4, -0.2) is 44.8 Å². The zero-order valence-corrected chi connectivity index (χ0v) is 20.7. The number of rotatable bonds is 9. The zero-order chi connectivity index (χ0) is 26.8. The van der Waals surface area contributed by atoms with Gasteiger partial charge in [-0.1, -0.05) is 61.9 Å². The standard InChI is InChI=1S/C22H19F5N6O2S2/c1-2-5-18-17(20(36-30-18)31-37(34,35)22(26,27)21(23,24)25)12-13-8-10-14(11-9-13)15-6-3-4-7-16(15)19-28-32-33-29-19/h3-4,6-11,31H,2,5,12H2,1H3,(H,28,29,32,33). The molecular weight excluding hydrogens is 539 g/mol. The molecule has 2 aromatic heterocycles. The van der Waals surface area contributed by atoms with Crippen LogP contribution in [-0.2, 0) is 22.9 Å². The first-order valence-corrected chi connectivity index (χ1v) is 13.1. The van der Waals surface area contributed by atoms with Gasteiger partial charge in [0.25, 0.3) is 0 Å². The Morgan fingerprint density at radius 2 is 1.68 bits per heavy atom. The van der Waals surface area contributed by atoms with E-state index < -0.39 is 21.5 Å². The summed E-state index contributed by atoms with van der Waals surface area (Å²) in [4.78, 5) is 0. The van der Waals surface area contributed by atoms with E-state index in [1.807, 2.05) is 31.2 Å². The Kier molecular flexibility index (Phi) is 7.28. The normalized spacial score (nSPS) is 12.6. The van der Waals surface area contributed by atoms with E-state index in [2.05, 4.69) is 25.0 Å². The van der Waals surface area contributed by atoms with Gasteiger partial charge in [-0.05, 0) is 39.9 Å². The van der Waals surface area contributed by atoms with E-state index >= 15 is 0 Å². The Morgan fingerprint density at radius 3 is 2.27 bits per heavy atom. The van der Waals surface area contributed by atoms with Crippen LogP contribution in [0.15, 0.2) is 48.5 Å². The molecule has 0 spiro atoms. The van der Waals surface area contributed by atoms with Crippen LogP contribution in [0.1, 0.15) is 30.2 Å². The van der Waals surface area contributed by atoms with Crippen LogP contribution in [0.5, 0.6) is 0 Å². The van der Waals surface area contributed by atoms with E-state index in [0.717, 1.165) is 16.7 Å². The minimum atomic E-state index is -6.27. The maximum atomic E-state index is 13.6. The average Bonchev–Trinajstić information content (AvgIpc) is 3.50. The third-order valence-corrected chi connectivity index (χ3v) is 7.76. The molecule has 0 fully saturated rings. The summed E-state index contributed by atoms with van der Waals surface area (Å²) in [5.41, 5.74) is 3.70. The number of nitrogens with zero attached hydrogens (tertiary/aromatic N) is 4. The summed E-state index contributed by atoms with van der Waals surface area (Å²) in [6, 6.07) is 14.5. The minimum absolute atomic E-state index is 0.0635. The number of nitrogens with one attached hydrogen (secondary N) is 2. The van der Waals surface area contributed by atoms with Gasteiger partial charge >= 0.3 is 21.5 Å². The second-order valence-corrected chi connectivity index (χ2v) is 10.5. The molecule has 2 aromatic carbocycles. The smallest absolute Gasteiger partial charge is 0.267 e. The van der Waals surface area contributed by atoms with Crippen molar-refractivity contribution in [3.63, 3.8) is 0 Å². The number of alkyl halides is 5.